The van der Waals surface area contributed by atoms with Crippen LogP contribution < -0.4 is 5.32 Å². The maximum absolute atomic E-state index is 12.8. The molecule has 7 nitrogen and oxygen atoms in total. The van der Waals surface area contributed by atoms with Gasteiger partial charge >= 0.3 is 17.9 Å². The van der Waals surface area contributed by atoms with Crippen molar-refractivity contribution in [2.45, 2.75) is 25.2 Å². The molecule has 0 bridgehead atoms. The van der Waals surface area contributed by atoms with Crippen LogP contribution in [0.2, 0.25) is 0 Å². The smallest absolute Gasteiger partial charge is 0.414 e. The Bertz CT molecular complexity index is 799. The van der Waals surface area contributed by atoms with Gasteiger partial charge in [-0.1, -0.05) is 30.3 Å². The first-order valence-corrected chi connectivity index (χ1v) is 9.78. The van der Waals surface area contributed by atoms with E-state index in [0.29, 0.717) is 6.61 Å². The molecule has 0 saturated carbocycles. The first kappa shape index (κ1) is 21.6. The largest absolute Gasteiger partial charge is 0.473 e. The number of aliphatic carboxylic acids is 2. The third-order valence-corrected chi connectivity index (χ3v) is 5.49. The Morgan fingerprint density at radius 2 is 1.68 bits per heavy atom. The van der Waals surface area contributed by atoms with Crippen molar-refractivity contribution in [3.05, 3.63) is 47.3 Å². The Morgan fingerprint density at radius 1 is 1.07 bits per heavy atom. The van der Waals surface area contributed by atoms with E-state index >= 15 is 0 Å². The Kier molecular flexibility index (Phi) is 7.71. The molecule has 1 aliphatic rings. The number of carbonyl (C=O) groups excluding carboxylic acids is 1. The van der Waals surface area contributed by atoms with Gasteiger partial charge in [-0.25, -0.2) is 9.59 Å². The Hall–Kier alpha value is -2.71. The number of ether oxygens (including phenoxy) is 1. The topological polar surface area (TPSA) is 113 Å². The van der Waals surface area contributed by atoms with Crippen LogP contribution in [-0.2, 0) is 24.5 Å². The monoisotopic (exact) mass is 405 g/mol. The van der Waals surface area contributed by atoms with Gasteiger partial charge in [0.2, 0.25) is 0 Å². The van der Waals surface area contributed by atoms with Gasteiger partial charge in [-0.05, 0) is 55.4 Å². The van der Waals surface area contributed by atoms with E-state index in [1.165, 1.54) is 10.4 Å². The number of thiophene rings is 1. The summed E-state index contributed by atoms with van der Waals surface area (Å²) >= 11 is 1.70. The molecule has 0 amide bonds. The first-order valence-electron chi connectivity index (χ1n) is 8.90. The van der Waals surface area contributed by atoms with Crippen molar-refractivity contribution in [3.63, 3.8) is 0 Å². The summed E-state index contributed by atoms with van der Waals surface area (Å²) in [5, 5.41) is 20.2. The highest BCUT2D eigenvalue weighted by Crippen LogP contribution is 2.43. The van der Waals surface area contributed by atoms with E-state index in [0.717, 1.165) is 31.5 Å². The number of hydrogen-bond donors (Lipinski definition) is 3. The SMILES string of the molecule is CCOC(=O)C1(c2ccsc2-c2ccccc2)CCNCC1.O=C(O)C(=O)O. The zero-order chi connectivity index (χ0) is 20.6. The van der Waals surface area contributed by atoms with E-state index in [1.807, 2.05) is 25.1 Å². The third kappa shape index (κ3) is 4.96. The van der Waals surface area contributed by atoms with Crippen molar-refractivity contribution in [2.24, 2.45) is 0 Å². The van der Waals surface area contributed by atoms with Crippen LogP contribution in [0.3, 0.4) is 0 Å². The summed E-state index contributed by atoms with van der Waals surface area (Å²) in [4.78, 5) is 32.1. The minimum absolute atomic E-state index is 0.0768. The minimum atomic E-state index is -1.82. The molecule has 0 aliphatic carbocycles. The zero-order valence-corrected chi connectivity index (χ0v) is 16.3. The van der Waals surface area contributed by atoms with Gasteiger partial charge in [-0.15, -0.1) is 11.3 Å². The average Bonchev–Trinajstić information content (AvgIpc) is 3.20. The third-order valence-electron chi connectivity index (χ3n) is 4.52. The first-order chi connectivity index (χ1) is 13.4. The van der Waals surface area contributed by atoms with Crippen LogP contribution in [-0.4, -0.2) is 47.8 Å². The number of esters is 1. The van der Waals surface area contributed by atoms with Gasteiger partial charge in [0.15, 0.2) is 0 Å². The number of nitrogens with one attached hydrogen (secondary N) is 1. The summed E-state index contributed by atoms with van der Waals surface area (Å²) in [6.45, 7) is 4.00. The molecule has 1 fully saturated rings. The number of carboxylic acids is 2. The fourth-order valence-electron chi connectivity index (χ4n) is 3.21. The molecule has 1 aromatic carbocycles. The van der Waals surface area contributed by atoms with Gasteiger partial charge in [0.25, 0.3) is 0 Å². The fourth-order valence-corrected chi connectivity index (χ4v) is 4.21. The van der Waals surface area contributed by atoms with E-state index in [9.17, 15) is 4.79 Å². The lowest BCUT2D eigenvalue weighted by atomic mass is 9.72. The van der Waals surface area contributed by atoms with Gasteiger partial charge in [0, 0.05) is 4.88 Å². The molecule has 1 aliphatic heterocycles. The molecule has 0 atom stereocenters. The molecule has 0 spiro atoms. The van der Waals surface area contributed by atoms with Gasteiger partial charge in [-0.2, -0.15) is 0 Å². The summed E-state index contributed by atoms with van der Waals surface area (Å²) in [6.07, 6.45) is 1.59. The maximum atomic E-state index is 12.8. The summed E-state index contributed by atoms with van der Waals surface area (Å²) in [7, 11) is 0. The van der Waals surface area contributed by atoms with Crippen molar-refractivity contribution in [2.75, 3.05) is 19.7 Å². The summed E-state index contributed by atoms with van der Waals surface area (Å²) in [5.41, 5.74) is 1.80. The van der Waals surface area contributed by atoms with Crippen molar-refractivity contribution in [3.8, 4) is 10.4 Å². The molecule has 1 saturated heterocycles. The van der Waals surface area contributed by atoms with E-state index in [-0.39, 0.29) is 5.97 Å². The maximum Gasteiger partial charge on any atom is 0.414 e. The van der Waals surface area contributed by atoms with Crippen molar-refractivity contribution >= 4 is 29.2 Å². The van der Waals surface area contributed by atoms with Crippen LogP contribution in [0.15, 0.2) is 41.8 Å². The lowest BCUT2D eigenvalue weighted by Gasteiger charge is -2.35. The number of carbonyl (C=O) groups is 3. The molecular formula is C20H23NO6S. The zero-order valence-electron chi connectivity index (χ0n) is 15.5. The molecule has 2 aromatic rings. The minimum Gasteiger partial charge on any atom is -0.473 e. The van der Waals surface area contributed by atoms with Crippen LogP contribution in [0.25, 0.3) is 10.4 Å². The molecule has 0 unspecified atom stereocenters. The number of piperidine rings is 1. The Morgan fingerprint density at radius 3 is 2.21 bits per heavy atom. The van der Waals surface area contributed by atoms with Crippen molar-refractivity contribution < 1.29 is 29.3 Å². The second-order valence-electron chi connectivity index (χ2n) is 6.19. The van der Waals surface area contributed by atoms with Gasteiger partial charge in [0.1, 0.15) is 0 Å². The van der Waals surface area contributed by atoms with Crippen LogP contribution in [0.5, 0.6) is 0 Å². The van der Waals surface area contributed by atoms with Gasteiger partial charge in [-0.3, -0.25) is 4.79 Å². The van der Waals surface area contributed by atoms with Crippen LogP contribution in [0, 0.1) is 0 Å². The second kappa shape index (κ2) is 10.0. The lowest BCUT2D eigenvalue weighted by molar-refractivity contribution is -0.159. The van der Waals surface area contributed by atoms with E-state index in [2.05, 4.69) is 28.9 Å². The molecule has 1 aromatic heterocycles. The van der Waals surface area contributed by atoms with E-state index in [1.54, 1.807) is 11.3 Å². The molecular weight excluding hydrogens is 382 g/mol. The Labute approximate surface area is 167 Å². The summed E-state index contributed by atoms with van der Waals surface area (Å²) in [5.74, 6) is -3.72. The second-order valence-corrected chi connectivity index (χ2v) is 7.11. The van der Waals surface area contributed by atoms with E-state index in [4.69, 9.17) is 24.5 Å². The number of benzene rings is 1. The number of carboxylic acid groups (broad SMARTS) is 2. The molecule has 3 rings (SSSR count). The molecule has 2 heterocycles. The Balaban J connectivity index is 0.000000409. The van der Waals surface area contributed by atoms with E-state index < -0.39 is 17.4 Å². The van der Waals surface area contributed by atoms with Gasteiger partial charge in [0.05, 0.1) is 12.0 Å². The highest BCUT2D eigenvalue weighted by molar-refractivity contribution is 7.13. The van der Waals surface area contributed by atoms with Crippen LogP contribution >= 0.6 is 11.3 Å². The quantitative estimate of drug-likeness (QED) is 0.529. The predicted octanol–water partition coefficient (Wildman–Crippen LogP) is 2.75. The summed E-state index contributed by atoms with van der Waals surface area (Å²) < 4.78 is 5.44. The molecule has 3 N–H and O–H groups in total. The van der Waals surface area contributed by atoms with Crippen LogP contribution in [0.1, 0.15) is 25.3 Å². The number of rotatable bonds is 4. The molecule has 28 heavy (non-hydrogen) atoms. The molecule has 0 radical (unpaired) electrons. The van der Waals surface area contributed by atoms with Crippen molar-refractivity contribution in [1.29, 1.82) is 0 Å². The van der Waals surface area contributed by atoms with Crippen molar-refractivity contribution in [1.82, 2.24) is 5.32 Å². The van der Waals surface area contributed by atoms with Gasteiger partial charge < -0.3 is 20.3 Å². The molecule has 150 valence electrons. The average molecular weight is 405 g/mol. The highest BCUT2D eigenvalue weighted by Gasteiger charge is 2.44. The highest BCUT2D eigenvalue weighted by atomic mass is 32.1. The predicted molar refractivity (Wildman–Crippen MR) is 105 cm³/mol. The molecule has 8 heteroatoms. The lowest BCUT2D eigenvalue weighted by Crippen LogP contribution is -2.46. The fraction of sp³-hybridized carbons (Fsp3) is 0.350. The standard InChI is InChI=1S/C18H21NO2S.C2H2O4/c1-2-21-17(20)18(9-11-19-12-10-18)15-8-13-22-16(15)14-6-4-3-5-7-14;3-1(4)2(5)6/h3-8,13,19H,2,9-12H2,1H3;(H,3,4)(H,5,6). The number of hydrogen-bond acceptors (Lipinski definition) is 6. The normalized spacial score (nSPS) is 15.0. The van der Waals surface area contributed by atoms with Crippen LogP contribution in [0.4, 0.5) is 0 Å². The summed E-state index contributed by atoms with van der Waals surface area (Å²) in [6, 6.07) is 12.4.